The highest BCUT2D eigenvalue weighted by Crippen LogP contribution is 2.25. The molecule has 0 spiro atoms. The Labute approximate surface area is 159 Å². The molecule has 0 bridgehead atoms. The molecule has 4 nitrogen and oxygen atoms in total. The number of allylic oxidation sites excluding steroid dienone is 1. The number of carbonyl (C=O) groups is 1. The smallest absolute Gasteiger partial charge is 0.180 e. The summed E-state index contributed by atoms with van der Waals surface area (Å²) in [6.45, 7) is 3.92. The minimum Gasteiger partial charge on any atom is -0.369 e. The number of nitrogens with zero attached hydrogens (tertiary/aromatic N) is 2. The van der Waals surface area contributed by atoms with E-state index in [9.17, 15) is 4.79 Å². The van der Waals surface area contributed by atoms with Crippen molar-refractivity contribution in [3.05, 3.63) is 71.4 Å². The molecule has 0 unspecified atom stereocenters. The van der Waals surface area contributed by atoms with Gasteiger partial charge in [0.25, 0.3) is 0 Å². The minimum absolute atomic E-state index is 0.176. The van der Waals surface area contributed by atoms with Crippen molar-refractivity contribution in [2.75, 3.05) is 36.4 Å². The standard InChI is InChI=1S/C21H22ClN3O/c22-16-6-8-17(9-7-16)23-20-14-19(15-21(20)26)25-12-10-24(11-13-25)18-4-2-1-3-5-18/h1-9,14,19,23H,10-13,15H2/t19-/m0/s1. The molecule has 0 amide bonds. The third-order valence-electron chi connectivity index (χ3n) is 5.08. The molecule has 2 aliphatic rings. The summed E-state index contributed by atoms with van der Waals surface area (Å²) in [7, 11) is 0. The first kappa shape index (κ1) is 17.1. The quantitative estimate of drug-likeness (QED) is 0.891. The molecular formula is C21H22ClN3O. The van der Waals surface area contributed by atoms with Crippen LogP contribution < -0.4 is 10.2 Å². The lowest BCUT2D eigenvalue weighted by atomic mass is 10.1. The number of Topliss-reactive ketones (excluding diaryl/α,β-unsaturated/α-hetero) is 1. The van der Waals surface area contributed by atoms with Crippen molar-refractivity contribution in [2.45, 2.75) is 12.5 Å². The molecule has 0 saturated carbocycles. The number of rotatable bonds is 4. The Morgan fingerprint density at radius 2 is 1.62 bits per heavy atom. The van der Waals surface area contributed by atoms with E-state index in [0.717, 1.165) is 31.9 Å². The van der Waals surface area contributed by atoms with Gasteiger partial charge in [0, 0.05) is 55.0 Å². The van der Waals surface area contributed by atoms with Crippen LogP contribution in [0.3, 0.4) is 0 Å². The largest absolute Gasteiger partial charge is 0.369 e. The Bertz CT molecular complexity index is 796. The number of hydrogen-bond donors (Lipinski definition) is 1. The van der Waals surface area contributed by atoms with Crippen molar-refractivity contribution in [3.63, 3.8) is 0 Å². The van der Waals surface area contributed by atoms with E-state index in [-0.39, 0.29) is 11.8 Å². The molecule has 1 N–H and O–H groups in total. The first-order valence-corrected chi connectivity index (χ1v) is 9.38. The van der Waals surface area contributed by atoms with E-state index in [4.69, 9.17) is 11.6 Å². The molecular weight excluding hydrogens is 346 g/mol. The average molecular weight is 368 g/mol. The van der Waals surface area contributed by atoms with Crippen LogP contribution in [0.4, 0.5) is 11.4 Å². The monoisotopic (exact) mass is 367 g/mol. The second-order valence-electron chi connectivity index (χ2n) is 6.77. The lowest BCUT2D eigenvalue weighted by Crippen LogP contribution is -2.49. The number of para-hydroxylation sites is 1. The van der Waals surface area contributed by atoms with Crippen molar-refractivity contribution < 1.29 is 4.79 Å². The summed E-state index contributed by atoms with van der Waals surface area (Å²) in [6.07, 6.45) is 2.64. The van der Waals surface area contributed by atoms with E-state index in [0.29, 0.717) is 17.1 Å². The van der Waals surface area contributed by atoms with Gasteiger partial charge < -0.3 is 10.2 Å². The van der Waals surface area contributed by atoms with Gasteiger partial charge in [-0.2, -0.15) is 0 Å². The highest BCUT2D eigenvalue weighted by Gasteiger charge is 2.30. The molecule has 5 heteroatoms. The van der Waals surface area contributed by atoms with Crippen LogP contribution in [0.15, 0.2) is 66.4 Å². The molecule has 1 aliphatic heterocycles. The van der Waals surface area contributed by atoms with E-state index < -0.39 is 0 Å². The van der Waals surface area contributed by atoms with Gasteiger partial charge in [-0.15, -0.1) is 0 Å². The summed E-state index contributed by atoms with van der Waals surface area (Å²) in [4.78, 5) is 17.2. The van der Waals surface area contributed by atoms with E-state index in [1.54, 1.807) is 0 Å². The fourth-order valence-corrected chi connectivity index (χ4v) is 3.76. The Morgan fingerprint density at radius 3 is 2.31 bits per heavy atom. The van der Waals surface area contributed by atoms with Gasteiger partial charge in [-0.25, -0.2) is 0 Å². The van der Waals surface area contributed by atoms with E-state index in [2.05, 4.69) is 45.5 Å². The third kappa shape index (κ3) is 3.76. The van der Waals surface area contributed by atoms with Crippen molar-refractivity contribution in [1.29, 1.82) is 0 Å². The lowest BCUT2D eigenvalue weighted by molar-refractivity contribution is -0.115. The molecule has 0 aromatic heterocycles. The van der Waals surface area contributed by atoms with Gasteiger partial charge in [-0.05, 0) is 42.5 Å². The van der Waals surface area contributed by atoms with Crippen molar-refractivity contribution in [1.82, 2.24) is 4.90 Å². The van der Waals surface area contributed by atoms with Gasteiger partial charge in [-0.1, -0.05) is 29.8 Å². The van der Waals surface area contributed by atoms with Gasteiger partial charge in [0.05, 0.1) is 5.70 Å². The summed E-state index contributed by atoms with van der Waals surface area (Å²) in [5.74, 6) is 0.176. The molecule has 4 rings (SSSR count). The van der Waals surface area contributed by atoms with Gasteiger partial charge in [0.2, 0.25) is 0 Å². The normalized spacial score (nSPS) is 21.0. The molecule has 26 heavy (non-hydrogen) atoms. The summed E-state index contributed by atoms with van der Waals surface area (Å²) in [5.41, 5.74) is 2.86. The molecule has 1 saturated heterocycles. The zero-order valence-corrected chi connectivity index (χ0v) is 15.3. The minimum atomic E-state index is 0.176. The van der Waals surface area contributed by atoms with Crippen LogP contribution in [0.25, 0.3) is 0 Å². The van der Waals surface area contributed by atoms with Gasteiger partial charge in [0.15, 0.2) is 5.78 Å². The summed E-state index contributed by atoms with van der Waals surface area (Å²) in [5, 5.41) is 3.93. The fourth-order valence-electron chi connectivity index (χ4n) is 3.63. The maximum Gasteiger partial charge on any atom is 0.180 e. The molecule has 1 fully saturated rings. The Balaban J connectivity index is 1.37. The Kier molecular flexibility index (Phi) is 4.96. The average Bonchev–Trinajstić information content (AvgIpc) is 3.05. The van der Waals surface area contributed by atoms with Crippen LogP contribution in [-0.2, 0) is 4.79 Å². The second-order valence-corrected chi connectivity index (χ2v) is 7.20. The van der Waals surface area contributed by atoms with Gasteiger partial charge in [-0.3, -0.25) is 9.69 Å². The molecule has 1 aliphatic carbocycles. The maximum absolute atomic E-state index is 12.4. The summed E-state index contributed by atoms with van der Waals surface area (Å²) >= 11 is 5.92. The predicted molar refractivity (Wildman–Crippen MR) is 107 cm³/mol. The first-order chi connectivity index (χ1) is 12.7. The topological polar surface area (TPSA) is 35.6 Å². The first-order valence-electron chi connectivity index (χ1n) is 9.01. The highest BCUT2D eigenvalue weighted by molar-refractivity contribution is 6.30. The van der Waals surface area contributed by atoms with Crippen molar-refractivity contribution in [3.8, 4) is 0 Å². The summed E-state index contributed by atoms with van der Waals surface area (Å²) in [6, 6.07) is 18.1. The number of benzene rings is 2. The van der Waals surface area contributed by atoms with E-state index in [1.165, 1.54) is 5.69 Å². The van der Waals surface area contributed by atoms with Crippen LogP contribution >= 0.6 is 11.6 Å². The van der Waals surface area contributed by atoms with E-state index >= 15 is 0 Å². The zero-order chi connectivity index (χ0) is 17.9. The van der Waals surface area contributed by atoms with Crippen LogP contribution in [-0.4, -0.2) is 42.9 Å². The van der Waals surface area contributed by atoms with Gasteiger partial charge >= 0.3 is 0 Å². The highest BCUT2D eigenvalue weighted by atomic mass is 35.5. The Morgan fingerprint density at radius 1 is 0.923 bits per heavy atom. The molecule has 2 aromatic rings. The van der Waals surface area contributed by atoms with Crippen LogP contribution in [0.1, 0.15) is 6.42 Å². The number of ketones is 1. The maximum atomic E-state index is 12.4. The van der Waals surface area contributed by atoms with Crippen LogP contribution in [0.2, 0.25) is 5.02 Å². The third-order valence-corrected chi connectivity index (χ3v) is 5.33. The van der Waals surface area contributed by atoms with Crippen LogP contribution in [0, 0.1) is 0 Å². The molecule has 1 atom stereocenters. The number of nitrogens with one attached hydrogen (secondary N) is 1. The predicted octanol–water partition coefficient (Wildman–Crippen LogP) is 3.80. The number of hydrogen-bond acceptors (Lipinski definition) is 4. The molecule has 1 heterocycles. The number of halogens is 1. The van der Waals surface area contributed by atoms with Crippen molar-refractivity contribution >= 4 is 28.8 Å². The van der Waals surface area contributed by atoms with Crippen LogP contribution in [0.5, 0.6) is 0 Å². The number of piperazine rings is 1. The molecule has 2 aromatic carbocycles. The lowest BCUT2D eigenvalue weighted by Gasteiger charge is -2.38. The SMILES string of the molecule is O=C1C[C@@H](N2CCN(c3ccccc3)CC2)C=C1Nc1ccc(Cl)cc1. The van der Waals surface area contributed by atoms with Crippen molar-refractivity contribution in [2.24, 2.45) is 0 Å². The summed E-state index contributed by atoms with van der Waals surface area (Å²) < 4.78 is 0. The molecule has 0 radical (unpaired) electrons. The second kappa shape index (κ2) is 7.52. The van der Waals surface area contributed by atoms with E-state index in [1.807, 2.05) is 30.3 Å². The zero-order valence-electron chi connectivity index (χ0n) is 14.6. The van der Waals surface area contributed by atoms with Gasteiger partial charge in [0.1, 0.15) is 0 Å². The fraction of sp³-hybridized carbons (Fsp3) is 0.286. The number of anilines is 2. The number of carbonyl (C=O) groups excluding carboxylic acids is 1. The Hall–Kier alpha value is -2.30. The molecule has 134 valence electrons.